The van der Waals surface area contributed by atoms with Crippen molar-refractivity contribution in [3.63, 3.8) is 0 Å². The first-order chi connectivity index (χ1) is 8.65. The predicted octanol–water partition coefficient (Wildman–Crippen LogP) is 4.24. The van der Waals surface area contributed by atoms with E-state index in [1.165, 1.54) is 0 Å². The molecule has 5 heteroatoms. The van der Waals surface area contributed by atoms with Crippen molar-refractivity contribution in [2.24, 2.45) is 0 Å². The topological polar surface area (TPSA) is 48.9 Å². The molecule has 0 saturated carbocycles. The SMILES string of the molecule is Oc1ccccc1-c1nc2cc(Cl)c(Cl)cc2[nH]1. The molecule has 0 fully saturated rings. The minimum Gasteiger partial charge on any atom is -0.507 e. The Morgan fingerprint density at radius 3 is 2.56 bits per heavy atom. The highest BCUT2D eigenvalue weighted by Crippen LogP contribution is 2.31. The van der Waals surface area contributed by atoms with Gasteiger partial charge in [0, 0.05) is 0 Å². The van der Waals surface area contributed by atoms with E-state index < -0.39 is 0 Å². The second-order valence-electron chi connectivity index (χ2n) is 3.89. The molecule has 0 saturated heterocycles. The Kier molecular flexibility index (Phi) is 2.65. The van der Waals surface area contributed by atoms with Gasteiger partial charge in [0.1, 0.15) is 11.6 Å². The minimum atomic E-state index is 0.175. The van der Waals surface area contributed by atoms with E-state index in [-0.39, 0.29) is 5.75 Å². The number of phenolic OH excluding ortho intramolecular Hbond substituents is 1. The number of hydrogen-bond acceptors (Lipinski definition) is 2. The van der Waals surface area contributed by atoms with Crippen molar-refractivity contribution in [1.29, 1.82) is 0 Å². The van der Waals surface area contributed by atoms with E-state index in [4.69, 9.17) is 23.2 Å². The monoisotopic (exact) mass is 278 g/mol. The predicted molar refractivity (Wildman–Crippen MR) is 73.2 cm³/mol. The molecule has 0 unspecified atom stereocenters. The van der Waals surface area contributed by atoms with E-state index >= 15 is 0 Å². The molecule has 18 heavy (non-hydrogen) atoms. The highest BCUT2D eigenvalue weighted by Gasteiger charge is 2.10. The van der Waals surface area contributed by atoms with E-state index in [2.05, 4.69) is 9.97 Å². The smallest absolute Gasteiger partial charge is 0.142 e. The molecule has 0 aliphatic heterocycles. The summed E-state index contributed by atoms with van der Waals surface area (Å²) >= 11 is 11.9. The molecule has 3 nitrogen and oxygen atoms in total. The number of fused-ring (bicyclic) bond motifs is 1. The second-order valence-corrected chi connectivity index (χ2v) is 4.70. The Hall–Kier alpha value is -1.71. The van der Waals surface area contributed by atoms with E-state index in [1.54, 1.807) is 30.3 Å². The van der Waals surface area contributed by atoms with Crippen molar-refractivity contribution >= 4 is 34.2 Å². The van der Waals surface area contributed by atoms with Gasteiger partial charge in [-0.3, -0.25) is 0 Å². The molecule has 2 aromatic carbocycles. The zero-order valence-electron chi connectivity index (χ0n) is 9.11. The minimum absolute atomic E-state index is 0.175. The van der Waals surface area contributed by atoms with Gasteiger partial charge < -0.3 is 10.1 Å². The van der Waals surface area contributed by atoms with Crippen molar-refractivity contribution in [1.82, 2.24) is 9.97 Å². The third kappa shape index (κ3) is 1.82. The number of phenols is 1. The number of aromatic hydroxyl groups is 1. The first-order valence-corrected chi connectivity index (χ1v) is 6.04. The summed E-state index contributed by atoms with van der Waals surface area (Å²) in [5, 5.41) is 10.7. The molecule has 3 rings (SSSR count). The normalized spacial score (nSPS) is 11.0. The Bertz CT molecular complexity index is 698. The van der Waals surface area contributed by atoms with Crippen LogP contribution in [0.4, 0.5) is 0 Å². The van der Waals surface area contributed by atoms with Crippen LogP contribution in [0.15, 0.2) is 36.4 Å². The van der Waals surface area contributed by atoms with Crippen molar-refractivity contribution in [2.75, 3.05) is 0 Å². The zero-order valence-corrected chi connectivity index (χ0v) is 10.6. The number of H-pyrrole nitrogens is 1. The molecule has 0 aliphatic rings. The van der Waals surface area contributed by atoms with Crippen molar-refractivity contribution < 1.29 is 5.11 Å². The van der Waals surface area contributed by atoms with E-state index in [9.17, 15) is 5.11 Å². The van der Waals surface area contributed by atoms with Gasteiger partial charge in [0.2, 0.25) is 0 Å². The molecule has 0 atom stereocenters. The molecule has 0 amide bonds. The van der Waals surface area contributed by atoms with Crippen molar-refractivity contribution in [2.45, 2.75) is 0 Å². The number of aromatic amines is 1. The number of nitrogens with one attached hydrogen (secondary N) is 1. The summed E-state index contributed by atoms with van der Waals surface area (Å²) in [7, 11) is 0. The third-order valence-corrected chi connectivity index (χ3v) is 3.41. The Morgan fingerprint density at radius 2 is 1.78 bits per heavy atom. The molecule has 1 heterocycles. The quantitative estimate of drug-likeness (QED) is 0.699. The molecule has 0 aliphatic carbocycles. The largest absolute Gasteiger partial charge is 0.507 e. The molecule has 0 radical (unpaired) electrons. The fraction of sp³-hybridized carbons (Fsp3) is 0. The summed E-state index contributed by atoms with van der Waals surface area (Å²) < 4.78 is 0. The number of imidazole rings is 1. The van der Waals surface area contributed by atoms with Gasteiger partial charge in [0.05, 0.1) is 26.6 Å². The summed E-state index contributed by atoms with van der Waals surface area (Å²) in [4.78, 5) is 7.49. The standard InChI is InChI=1S/C13H8Cl2N2O/c14-8-5-10-11(6-9(8)15)17-13(16-10)7-3-1-2-4-12(7)18/h1-6,18H,(H,16,17). The fourth-order valence-corrected chi connectivity index (χ4v) is 2.13. The van der Waals surface area contributed by atoms with Crippen LogP contribution in [0.2, 0.25) is 10.0 Å². The Labute approximate surface area is 113 Å². The van der Waals surface area contributed by atoms with E-state index in [0.29, 0.717) is 26.9 Å². The van der Waals surface area contributed by atoms with Crippen molar-refractivity contribution in [3.8, 4) is 17.1 Å². The number of para-hydroxylation sites is 1. The summed E-state index contributed by atoms with van der Waals surface area (Å²) in [6.07, 6.45) is 0. The lowest BCUT2D eigenvalue weighted by Crippen LogP contribution is -1.80. The maximum atomic E-state index is 9.79. The van der Waals surface area contributed by atoms with Gasteiger partial charge in [-0.05, 0) is 24.3 Å². The maximum Gasteiger partial charge on any atom is 0.142 e. The van der Waals surface area contributed by atoms with Crippen LogP contribution in [0.3, 0.4) is 0 Å². The van der Waals surface area contributed by atoms with Gasteiger partial charge in [-0.25, -0.2) is 4.98 Å². The summed E-state index contributed by atoms with van der Waals surface area (Å²) in [6, 6.07) is 10.4. The molecule has 3 aromatic rings. The molecule has 0 bridgehead atoms. The van der Waals surface area contributed by atoms with Crippen LogP contribution in [0.25, 0.3) is 22.4 Å². The van der Waals surface area contributed by atoms with Gasteiger partial charge in [-0.2, -0.15) is 0 Å². The van der Waals surface area contributed by atoms with Crippen LogP contribution in [-0.2, 0) is 0 Å². The van der Waals surface area contributed by atoms with Crippen LogP contribution < -0.4 is 0 Å². The lowest BCUT2D eigenvalue weighted by Gasteiger charge is -1.98. The highest BCUT2D eigenvalue weighted by molar-refractivity contribution is 6.42. The Morgan fingerprint density at radius 1 is 1.06 bits per heavy atom. The Balaban J connectivity index is 2.23. The molecule has 1 aromatic heterocycles. The first kappa shape index (κ1) is 11.4. The molecular formula is C13H8Cl2N2O. The lowest BCUT2D eigenvalue weighted by molar-refractivity contribution is 0.477. The van der Waals surface area contributed by atoms with Gasteiger partial charge >= 0.3 is 0 Å². The van der Waals surface area contributed by atoms with Crippen molar-refractivity contribution in [3.05, 3.63) is 46.4 Å². The van der Waals surface area contributed by atoms with Gasteiger partial charge in [0.15, 0.2) is 0 Å². The van der Waals surface area contributed by atoms with E-state index in [0.717, 1.165) is 5.52 Å². The zero-order chi connectivity index (χ0) is 12.7. The summed E-state index contributed by atoms with van der Waals surface area (Å²) in [6.45, 7) is 0. The number of aromatic nitrogens is 2. The summed E-state index contributed by atoms with van der Waals surface area (Å²) in [5.41, 5.74) is 2.13. The van der Waals surface area contributed by atoms with E-state index in [1.807, 2.05) is 6.07 Å². The van der Waals surface area contributed by atoms with Gasteiger partial charge in [-0.15, -0.1) is 0 Å². The summed E-state index contributed by atoms with van der Waals surface area (Å²) in [5.74, 6) is 0.759. The second kappa shape index (κ2) is 4.19. The van der Waals surface area contributed by atoms with Gasteiger partial charge in [-0.1, -0.05) is 35.3 Å². The fourth-order valence-electron chi connectivity index (χ4n) is 1.81. The van der Waals surface area contributed by atoms with Crippen LogP contribution in [0.1, 0.15) is 0 Å². The number of nitrogens with zero attached hydrogens (tertiary/aromatic N) is 1. The maximum absolute atomic E-state index is 9.79. The highest BCUT2D eigenvalue weighted by atomic mass is 35.5. The van der Waals surface area contributed by atoms with Crippen LogP contribution in [0, 0.1) is 0 Å². The van der Waals surface area contributed by atoms with Crippen LogP contribution >= 0.6 is 23.2 Å². The number of rotatable bonds is 1. The molecule has 2 N–H and O–H groups in total. The van der Waals surface area contributed by atoms with Crippen LogP contribution in [-0.4, -0.2) is 15.1 Å². The third-order valence-electron chi connectivity index (χ3n) is 2.68. The number of hydrogen-bond donors (Lipinski definition) is 2. The average Bonchev–Trinajstić information content (AvgIpc) is 2.73. The lowest BCUT2D eigenvalue weighted by atomic mass is 10.2. The first-order valence-electron chi connectivity index (χ1n) is 5.28. The average molecular weight is 279 g/mol. The van der Waals surface area contributed by atoms with Crippen LogP contribution in [0.5, 0.6) is 5.75 Å². The van der Waals surface area contributed by atoms with Gasteiger partial charge in [0.25, 0.3) is 0 Å². The number of benzene rings is 2. The molecule has 0 spiro atoms. The number of halogens is 2. The molecular weight excluding hydrogens is 271 g/mol. The molecule has 90 valence electrons.